The molecule has 0 aliphatic rings. The van der Waals surface area contributed by atoms with Crippen molar-refractivity contribution in [1.82, 2.24) is 0 Å². The van der Waals surface area contributed by atoms with Crippen LogP contribution in [0.5, 0.6) is 0 Å². The van der Waals surface area contributed by atoms with E-state index < -0.39 is 72.7 Å². The molecule has 179 valence electrons. The quantitative estimate of drug-likeness (QED) is 0.124. The Balaban J connectivity index is -0.000000211. The Morgan fingerprint density at radius 1 is 0.400 bits per heavy atom. The van der Waals surface area contributed by atoms with Crippen molar-refractivity contribution in [3.63, 3.8) is 0 Å². The number of hydrogen-bond acceptors (Lipinski definition) is 12. The Hall–Kier alpha value is -1.83. The van der Waals surface area contributed by atoms with Gasteiger partial charge < -0.3 is 66.8 Å². The smallest absolute Gasteiger partial charge is 0.335 e. The first-order chi connectivity index (χ1) is 12.6. The monoisotopic (exact) mass is 535 g/mol. The summed E-state index contributed by atoms with van der Waals surface area (Å²) in [5.74, 6) is -7.36. The van der Waals surface area contributed by atoms with Crippen LogP contribution in [0, 0.1) is 0 Å². The molecular formula is C12H20O17Tc-2. The zero-order valence-electron chi connectivity index (χ0n) is 14.4. The number of carboxylic acids is 4. The van der Waals surface area contributed by atoms with Gasteiger partial charge >= 0.3 is 23.9 Å². The Labute approximate surface area is 179 Å². The van der Waals surface area contributed by atoms with Gasteiger partial charge in [0.15, 0.2) is 24.4 Å². The van der Waals surface area contributed by atoms with Gasteiger partial charge in [-0.2, -0.15) is 0 Å². The molecule has 18 heteroatoms. The Kier molecular flexibility index (Phi) is 18.9. The molecule has 12 N–H and O–H groups in total. The molecule has 17 nitrogen and oxygen atoms in total. The van der Waals surface area contributed by atoms with Crippen LogP contribution in [0.1, 0.15) is 0 Å². The molecular weight excluding hydrogens is 515 g/mol. The second-order valence-electron chi connectivity index (χ2n) is 5.09. The summed E-state index contributed by atoms with van der Waals surface area (Å²) < 4.78 is 0. The van der Waals surface area contributed by atoms with Crippen molar-refractivity contribution in [2.75, 3.05) is 0 Å². The van der Waals surface area contributed by atoms with Gasteiger partial charge in [-0.25, -0.2) is 19.2 Å². The van der Waals surface area contributed by atoms with E-state index in [-0.39, 0.29) is 25.6 Å². The molecule has 0 aliphatic carbocycles. The van der Waals surface area contributed by atoms with E-state index in [0.29, 0.717) is 0 Å². The fraction of sp³-hybridized carbons (Fsp3) is 0.667. The van der Waals surface area contributed by atoms with Crippen LogP contribution in [-0.2, 0) is 44.8 Å². The van der Waals surface area contributed by atoms with Gasteiger partial charge in [0.05, 0.1) is 0 Å². The van der Waals surface area contributed by atoms with Crippen LogP contribution in [0.25, 0.3) is 0 Å². The molecule has 0 aromatic rings. The van der Waals surface area contributed by atoms with Gasteiger partial charge in [0.2, 0.25) is 0 Å². The van der Waals surface area contributed by atoms with Gasteiger partial charge in [-0.05, 0) is 0 Å². The van der Waals surface area contributed by atoms with Gasteiger partial charge in [0.25, 0.3) is 0 Å². The van der Waals surface area contributed by atoms with Crippen molar-refractivity contribution >= 4 is 23.9 Å². The largest absolute Gasteiger partial charge is 2.00 e. The third-order valence-electron chi connectivity index (χ3n) is 3.01. The molecule has 0 rings (SSSR count). The fourth-order valence-electron chi connectivity index (χ4n) is 1.33. The van der Waals surface area contributed by atoms with Crippen LogP contribution in [0.2, 0.25) is 0 Å². The minimum absolute atomic E-state index is 0. The SMILES string of the molecule is O=C(O)[C@@H](O)[C@@H](O)[C@H](O)[C@@H](O)C(=O)O.O=C(O)[C@@H](O)[C@@H](O)[C@H](O)[C@@H](O)C(=O)O.[99Tc].[O-2]. The van der Waals surface area contributed by atoms with E-state index in [1.807, 2.05) is 0 Å². The first kappa shape index (κ1) is 35.6. The standard InChI is InChI=1S/2C6H10O8.O.Tc/c2*7-1(3(9)5(11)12)2(8)4(10)6(13)14;;/h2*1-4,7-10H,(H,11,12)(H,13,14);;/q;;-2;/t2*1-,2-,3-,4+;;/m00../s1/i;;;1+1. The van der Waals surface area contributed by atoms with Crippen molar-refractivity contribution in [3.8, 4) is 0 Å². The van der Waals surface area contributed by atoms with E-state index >= 15 is 0 Å². The van der Waals surface area contributed by atoms with E-state index in [9.17, 15) is 19.2 Å². The Morgan fingerprint density at radius 2 is 0.500 bits per heavy atom. The van der Waals surface area contributed by atoms with Crippen molar-refractivity contribution in [2.45, 2.75) is 48.8 Å². The summed E-state index contributed by atoms with van der Waals surface area (Å²) in [6, 6.07) is 0. The molecule has 0 heterocycles. The average Bonchev–Trinajstić information content (AvgIpc) is 2.62. The molecule has 0 aromatic carbocycles. The number of carbonyl (C=O) groups is 4. The molecule has 0 unspecified atom stereocenters. The van der Waals surface area contributed by atoms with Crippen LogP contribution in [0.3, 0.4) is 0 Å². The number of hydrogen-bond donors (Lipinski definition) is 12. The van der Waals surface area contributed by atoms with Crippen molar-refractivity contribution < 1.29 is 106 Å². The molecule has 0 saturated carbocycles. The Morgan fingerprint density at radius 3 is 0.567 bits per heavy atom. The van der Waals surface area contributed by atoms with Gasteiger partial charge in [-0.3, -0.25) is 0 Å². The molecule has 0 spiro atoms. The summed E-state index contributed by atoms with van der Waals surface area (Å²) in [5, 5.41) is 103. The minimum atomic E-state index is -2.36. The molecule has 1 radical (unpaired) electrons. The molecule has 0 amide bonds. The number of aliphatic hydroxyl groups excluding tert-OH is 8. The summed E-state index contributed by atoms with van der Waals surface area (Å²) in [4.78, 5) is 40.3. The maximum Gasteiger partial charge on any atom is 0.335 e. The predicted octanol–water partition coefficient (Wildman–Crippen LogP) is -6.92. The third kappa shape index (κ3) is 11.4. The van der Waals surface area contributed by atoms with Crippen molar-refractivity contribution in [3.05, 3.63) is 0 Å². The van der Waals surface area contributed by atoms with E-state index in [4.69, 9.17) is 61.3 Å². The Bertz CT molecular complexity index is 459. The fourth-order valence-corrected chi connectivity index (χ4v) is 1.33. The average molecular weight is 535 g/mol. The summed E-state index contributed by atoms with van der Waals surface area (Å²) in [5.41, 5.74) is 0. The zero-order chi connectivity index (χ0) is 22.9. The van der Waals surface area contributed by atoms with Gasteiger partial charge in [0, 0.05) is 20.1 Å². The molecule has 30 heavy (non-hydrogen) atoms. The summed E-state index contributed by atoms with van der Waals surface area (Å²) >= 11 is 0. The second-order valence-corrected chi connectivity index (χ2v) is 5.09. The van der Waals surface area contributed by atoms with Crippen molar-refractivity contribution in [2.24, 2.45) is 0 Å². The van der Waals surface area contributed by atoms with Crippen LogP contribution in [0.4, 0.5) is 0 Å². The molecule has 0 aromatic heterocycles. The van der Waals surface area contributed by atoms with Crippen LogP contribution >= 0.6 is 0 Å². The number of rotatable bonds is 10. The summed E-state index contributed by atoms with van der Waals surface area (Å²) in [7, 11) is 0. The molecule has 0 saturated heterocycles. The van der Waals surface area contributed by atoms with Crippen LogP contribution < -0.4 is 0 Å². The number of aliphatic carboxylic acids is 4. The van der Waals surface area contributed by atoms with E-state index in [2.05, 4.69) is 0 Å². The first-order valence-electron chi connectivity index (χ1n) is 6.93. The van der Waals surface area contributed by atoms with E-state index in [0.717, 1.165) is 0 Å². The maximum atomic E-state index is 10.1. The van der Waals surface area contributed by atoms with Gasteiger partial charge in [0.1, 0.15) is 24.4 Å². The molecule has 0 aliphatic heterocycles. The topological polar surface area (TPSA) is 340 Å². The first-order valence-corrected chi connectivity index (χ1v) is 6.93. The maximum absolute atomic E-state index is 10.1. The van der Waals surface area contributed by atoms with Gasteiger partial charge in [-0.1, -0.05) is 0 Å². The normalized spacial score (nSPS) is 18.1. The second kappa shape index (κ2) is 15.9. The summed E-state index contributed by atoms with van der Waals surface area (Å²) in [6.07, 6.45) is -18.6. The van der Waals surface area contributed by atoms with Crippen molar-refractivity contribution in [1.29, 1.82) is 0 Å². The predicted molar refractivity (Wildman–Crippen MR) is 79.3 cm³/mol. The third-order valence-corrected chi connectivity index (χ3v) is 3.01. The zero-order valence-corrected chi connectivity index (χ0v) is 16.3. The van der Waals surface area contributed by atoms with E-state index in [1.165, 1.54) is 0 Å². The van der Waals surface area contributed by atoms with Crippen LogP contribution in [-0.4, -0.2) is 134 Å². The number of aliphatic hydroxyl groups is 8. The summed E-state index contributed by atoms with van der Waals surface area (Å²) in [6.45, 7) is 0. The molecule has 0 bridgehead atoms. The molecule has 8 atom stereocenters. The van der Waals surface area contributed by atoms with Crippen LogP contribution in [0.15, 0.2) is 0 Å². The minimum Gasteiger partial charge on any atom is -2.00 e. The van der Waals surface area contributed by atoms with E-state index in [1.54, 1.807) is 0 Å². The van der Waals surface area contributed by atoms with Gasteiger partial charge in [-0.15, -0.1) is 0 Å². The number of carboxylic acid groups (broad SMARTS) is 4. The molecule has 0 fully saturated rings.